The summed E-state index contributed by atoms with van der Waals surface area (Å²) in [6.07, 6.45) is 1.93. The molecular formula is C12H17N3O3S. The van der Waals surface area contributed by atoms with Crippen LogP contribution in [0.15, 0.2) is 18.2 Å². The van der Waals surface area contributed by atoms with Crippen molar-refractivity contribution in [3.63, 3.8) is 0 Å². The largest absolute Gasteiger partial charge is 0.385 e. The lowest BCUT2D eigenvalue weighted by Crippen LogP contribution is -2.26. The van der Waals surface area contributed by atoms with Crippen LogP contribution in [-0.2, 0) is 0 Å². The van der Waals surface area contributed by atoms with Gasteiger partial charge in [-0.05, 0) is 25.3 Å². The third kappa shape index (κ3) is 4.44. The summed E-state index contributed by atoms with van der Waals surface area (Å²) in [7, 11) is 0. The Hall–Kier alpha value is -1.76. The van der Waals surface area contributed by atoms with Crippen molar-refractivity contribution in [1.29, 1.82) is 0 Å². The summed E-state index contributed by atoms with van der Waals surface area (Å²) in [6, 6.07) is 4.46. The van der Waals surface area contributed by atoms with Gasteiger partial charge in [0.25, 0.3) is 11.6 Å². The van der Waals surface area contributed by atoms with Gasteiger partial charge in [0.2, 0.25) is 0 Å². The molecule has 0 unspecified atom stereocenters. The fraction of sp³-hybridized carbons (Fsp3) is 0.417. The second-order valence-corrected chi connectivity index (χ2v) is 4.75. The standard InChI is InChI=1S/C12H17N3O3S/c1-3-13-9-4-5-11(15(17)18)10(8-9)12(16)14-6-7-19-2/h4-5,8,13H,3,6-7H2,1-2H3,(H,14,16). The highest BCUT2D eigenvalue weighted by molar-refractivity contribution is 7.98. The van der Waals surface area contributed by atoms with E-state index in [9.17, 15) is 14.9 Å². The second kappa shape index (κ2) is 7.63. The highest BCUT2D eigenvalue weighted by atomic mass is 32.2. The van der Waals surface area contributed by atoms with Crippen LogP contribution in [-0.4, -0.2) is 35.9 Å². The van der Waals surface area contributed by atoms with E-state index in [1.165, 1.54) is 12.1 Å². The van der Waals surface area contributed by atoms with E-state index in [4.69, 9.17) is 0 Å². The van der Waals surface area contributed by atoms with Gasteiger partial charge in [-0.15, -0.1) is 0 Å². The summed E-state index contributed by atoms with van der Waals surface area (Å²) in [5.41, 5.74) is 0.607. The lowest BCUT2D eigenvalue weighted by Gasteiger charge is -2.08. The van der Waals surface area contributed by atoms with Crippen molar-refractivity contribution in [3.05, 3.63) is 33.9 Å². The molecule has 0 fully saturated rings. The minimum Gasteiger partial charge on any atom is -0.385 e. The number of anilines is 1. The number of nitrogens with one attached hydrogen (secondary N) is 2. The van der Waals surface area contributed by atoms with Crippen molar-refractivity contribution in [1.82, 2.24) is 5.32 Å². The van der Waals surface area contributed by atoms with E-state index in [2.05, 4.69) is 10.6 Å². The first kappa shape index (κ1) is 15.3. The Morgan fingerprint density at radius 2 is 2.21 bits per heavy atom. The van der Waals surface area contributed by atoms with E-state index in [0.29, 0.717) is 18.8 Å². The van der Waals surface area contributed by atoms with Gasteiger partial charge in [0.05, 0.1) is 4.92 Å². The molecule has 0 aromatic heterocycles. The maximum Gasteiger partial charge on any atom is 0.282 e. The lowest BCUT2D eigenvalue weighted by atomic mass is 10.1. The Kier molecular flexibility index (Phi) is 6.14. The highest BCUT2D eigenvalue weighted by Crippen LogP contribution is 2.22. The Labute approximate surface area is 116 Å². The Bertz CT molecular complexity index is 466. The maximum atomic E-state index is 11.9. The highest BCUT2D eigenvalue weighted by Gasteiger charge is 2.20. The number of nitro groups is 1. The zero-order chi connectivity index (χ0) is 14.3. The van der Waals surface area contributed by atoms with Gasteiger partial charge in [-0.2, -0.15) is 11.8 Å². The Balaban J connectivity index is 2.96. The van der Waals surface area contributed by atoms with Crippen LogP contribution < -0.4 is 10.6 Å². The lowest BCUT2D eigenvalue weighted by molar-refractivity contribution is -0.385. The van der Waals surface area contributed by atoms with E-state index < -0.39 is 10.8 Å². The van der Waals surface area contributed by atoms with Crippen LogP contribution in [0.3, 0.4) is 0 Å². The SMILES string of the molecule is CCNc1ccc([N+](=O)[O-])c(C(=O)NCCSC)c1. The second-order valence-electron chi connectivity index (χ2n) is 3.77. The summed E-state index contributed by atoms with van der Waals surface area (Å²) in [5.74, 6) is 0.354. The molecule has 1 rings (SSSR count). The minimum absolute atomic E-state index is 0.0875. The molecule has 0 aliphatic heterocycles. The van der Waals surface area contributed by atoms with Crippen LogP contribution in [0.25, 0.3) is 0 Å². The molecule has 1 aromatic carbocycles. The molecule has 0 saturated carbocycles. The molecule has 19 heavy (non-hydrogen) atoms. The summed E-state index contributed by atoms with van der Waals surface area (Å²) in [4.78, 5) is 22.3. The fourth-order valence-electron chi connectivity index (χ4n) is 1.55. The molecule has 0 atom stereocenters. The van der Waals surface area contributed by atoms with Crippen molar-refractivity contribution in [3.8, 4) is 0 Å². The van der Waals surface area contributed by atoms with Crippen LogP contribution in [0.1, 0.15) is 17.3 Å². The van der Waals surface area contributed by atoms with E-state index in [1.54, 1.807) is 17.8 Å². The molecule has 0 bridgehead atoms. The third-order valence-electron chi connectivity index (χ3n) is 2.41. The Morgan fingerprint density at radius 3 is 2.79 bits per heavy atom. The van der Waals surface area contributed by atoms with E-state index in [0.717, 1.165) is 5.75 Å². The first-order valence-electron chi connectivity index (χ1n) is 5.89. The zero-order valence-corrected chi connectivity index (χ0v) is 11.8. The van der Waals surface area contributed by atoms with E-state index in [1.807, 2.05) is 13.2 Å². The number of nitro benzene ring substituents is 1. The van der Waals surface area contributed by atoms with Crippen LogP contribution in [0, 0.1) is 10.1 Å². The predicted molar refractivity (Wildman–Crippen MR) is 78.0 cm³/mol. The quantitative estimate of drug-likeness (QED) is 0.455. The summed E-state index contributed by atoms with van der Waals surface area (Å²) in [6.45, 7) is 3.09. The average molecular weight is 283 g/mol. The van der Waals surface area contributed by atoms with Crippen LogP contribution in [0.5, 0.6) is 0 Å². The molecule has 0 saturated heterocycles. The number of carbonyl (C=O) groups is 1. The van der Waals surface area contributed by atoms with Gasteiger partial charge < -0.3 is 10.6 Å². The molecule has 0 aliphatic rings. The molecule has 0 heterocycles. The molecule has 7 heteroatoms. The number of rotatable bonds is 7. The molecule has 0 aliphatic carbocycles. The van der Waals surface area contributed by atoms with Gasteiger partial charge in [0, 0.05) is 30.6 Å². The number of benzene rings is 1. The minimum atomic E-state index is -0.542. The van der Waals surface area contributed by atoms with Gasteiger partial charge >= 0.3 is 0 Å². The maximum absolute atomic E-state index is 11.9. The summed E-state index contributed by atoms with van der Waals surface area (Å²) >= 11 is 1.60. The molecular weight excluding hydrogens is 266 g/mol. The number of amides is 1. The molecule has 0 spiro atoms. The number of hydrogen-bond acceptors (Lipinski definition) is 5. The molecule has 2 N–H and O–H groups in total. The molecule has 104 valence electrons. The van der Waals surface area contributed by atoms with Crippen molar-refractivity contribution < 1.29 is 9.72 Å². The van der Waals surface area contributed by atoms with Gasteiger partial charge in [-0.3, -0.25) is 14.9 Å². The van der Waals surface area contributed by atoms with Gasteiger partial charge in [0.15, 0.2) is 0 Å². The molecule has 1 amide bonds. The van der Waals surface area contributed by atoms with Crippen molar-refractivity contribution in [2.24, 2.45) is 0 Å². The first-order valence-corrected chi connectivity index (χ1v) is 7.29. The fourth-order valence-corrected chi connectivity index (χ4v) is 1.86. The van der Waals surface area contributed by atoms with Crippen LogP contribution in [0.4, 0.5) is 11.4 Å². The molecule has 0 radical (unpaired) electrons. The summed E-state index contributed by atoms with van der Waals surface area (Å²) in [5, 5.41) is 16.6. The monoisotopic (exact) mass is 283 g/mol. The van der Waals surface area contributed by atoms with Gasteiger partial charge in [-0.1, -0.05) is 0 Å². The number of thioether (sulfide) groups is 1. The van der Waals surface area contributed by atoms with Gasteiger partial charge in [0.1, 0.15) is 5.56 Å². The van der Waals surface area contributed by atoms with E-state index >= 15 is 0 Å². The molecule has 1 aromatic rings. The van der Waals surface area contributed by atoms with Crippen LogP contribution in [0.2, 0.25) is 0 Å². The van der Waals surface area contributed by atoms with Crippen LogP contribution >= 0.6 is 11.8 Å². The summed E-state index contributed by atoms with van der Waals surface area (Å²) < 4.78 is 0. The smallest absolute Gasteiger partial charge is 0.282 e. The van der Waals surface area contributed by atoms with Crippen molar-refractivity contribution in [2.45, 2.75) is 6.92 Å². The average Bonchev–Trinajstić information content (AvgIpc) is 2.39. The number of nitrogens with zero attached hydrogens (tertiary/aromatic N) is 1. The Morgan fingerprint density at radius 1 is 1.47 bits per heavy atom. The number of carbonyl (C=O) groups excluding carboxylic acids is 1. The topological polar surface area (TPSA) is 84.3 Å². The van der Waals surface area contributed by atoms with E-state index in [-0.39, 0.29) is 11.3 Å². The van der Waals surface area contributed by atoms with Gasteiger partial charge in [-0.25, -0.2) is 0 Å². The normalized spacial score (nSPS) is 10.0. The molecule has 6 nitrogen and oxygen atoms in total. The number of hydrogen-bond donors (Lipinski definition) is 2. The zero-order valence-electron chi connectivity index (χ0n) is 10.9. The predicted octanol–water partition coefficient (Wildman–Crippen LogP) is 2.12. The van der Waals surface area contributed by atoms with Crippen molar-refractivity contribution in [2.75, 3.05) is 30.4 Å². The third-order valence-corrected chi connectivity index (χ3v) is 3.02. The first-order chi connectivity index (χ1) is 9.10. The van der Waals surface area contributed by atoms with Crippen molar-refractivity contribution >= 4 is 29.0 Å².